The lowest BCUT2D eigenvalue weighted by Gasteiger charge is -2.28. The molecule has 8 heteroatoms. The molecule has 0 saturated carbocycles. The van der Waals surface area contributed by atoms with E-state index in [9.17, 15) is 14.7 Å². The first-order chi connectivity index (χ1) is 12.9. The zero-order chi connectivity index (χ0) is 20.5. The van der Waals surface area contributed by atoms with Gasteiger partial charge in [0.25, 0.3) is 0 Å². The summed E-state index contributed by atoms with van der Waals surface area (Å²) in [5.74, 6) is -1.18. The third kappa shape index (κ3) is 14.5. The Kier molecular flexibility index (Phi) is 19.3. The Morgan fingerprint density at radius 2 is 1.54 bits per heavy atom. The molecule has 0 heterocycles. The molecule has 0 aliphatic rings. The number of hydrogen-bond donors (Lipinski definition) is 4. The number of aliphatic carboxylic acids is 1. The average Bonchev–Trinajstić information content (AvgIpc) is 2.62. The van der Waals surface area contributed by atoms with E-state index >= 15 is 0 Å². The van der Waals surface area contributed by atoms with Crippen molar-refractivity contribution in [3.63, 3.8) is 0 Å². The smallest absolute Gasteiger partial charge is 0.326 e. The summed E-state index contributed by atoms with van der Waals surface area (Å²) in [5, 5.41) is 19.2. The summed E-state index contributed by atoms with van der Waals surface area (Å²) in [4.78, 5) is 25.5. The molecule has 0 aliphatic carbocycles. The molecule has 0 saturated heterocycles. The minimum atomic E-state index is -0.972. The second-order valence-corrected chi connectivity index (χ2v) is 7.09. The summed E-state index contributed by atoms with van der Waals surface area (Å²) >= 11 is 0. The van der Waals surface area contributed by atoms with E-state index in [1.54, 1.807) is 0 Å². The molecule has 0 radical (unpaired) electrons. The maximum absolute atomic E-state index is 12.5. The van der Waals surface area contributed by atoms with E-state index in [0.717, 1.165) is 19.3 Å². The Morgan fingerprint density at radius 3 is 2.00 bits per heavy atom. The van der Waals surface area contributed by atoms with Gasteiger partial charge in [-0.1, -0.05) is 58.3 Å². The first-order valence-electron chi connectivity index (χ1n) is 10.5. The summed E-state index contributed by atoms with van der Waals surface area (Å²) in [6.07, 6.45) is 12.0. The Bertz CT molecular complexity index is 436. The molecular formula is C20H41ClN4O3. The minimum Gasteiger partial charge on any atom is -0.480 e. The lowest BCUT2D eigenvalue weighted by molar-refractivity contribution is -0.150. The van der Waals surface area contributed by atoms with Crippen LogP contribution in [0.3, 0.4) is 0 Å². The number of carbonyl (C=O) groups is 2. The summed E-state index contributed by atoms with van der Waals surface area (Å²) in [6.45, 7) is 4.86. The Morgan fingerprint density at radius 1 is 1.00 bits per heavy atom. The van der Waals surface area contributed by atoms with Gasteiger partial charge in [0.15, 0.2) is 5.96 Å². The van der Waals surface area contributed by atoms with Crippen molar-refractivity contribution in [3.8, 4) is 0 Å². The highest BCUT2D eigenvalue weighted by atomic mass is 35.5. The van der Waals surface area contributed by atoms with E-state index in [-0.39, 0.29) is 24.3 Å². The number of carbonyl (C=O) groups excluding carboxylic acids is 1. The van der Waals surface area contributed by atoms with Gasteiger partial charge in [0.1, 0.15) is 6.04 Å². The Labute approximate surface area is 176 Å². The molecule has 0 bridgehead atoms. The predicted octanol–water partition coefficient (Wildman–Crippen LogP) is 3.89. The number of carboxylic acids is 1. The number of guanidine groups is 1. The molecule has 0 aromatic rings. The second kappa shape index (κ2) is 18.8. The van der Waals surface area contributed by atoms with Gasteiger partial charge in [-0.05, 0) is 26.2 Å². The molecule has 7 nitrogen and oxygen atoms in total. The van der Waals surface area contributed by atoms with Gasteiger partial charge in [-0.3, -0.25) is 10.2 Å². The summed E-state index contributed by atoms with van der Waals surface area (Å²) in [7, 11) is 0. The fraction of sp³-hybridized carbons (Fsp3) is 0.850. The van der Waals surface area contributed by atoms with E-state index < -0.39 is 12.0 Å². The summed E-state index contributed by atoms with van der Waals surface area (Å²) in [5.41, 5.74) is 5.21. The van der Waals surface area contributed by atoms with E-state index in [4.69, 9.17) is 11.1 Å². The molecule has 28 heavy (non-hydrogen) atoms. The minimum absolute atomic E-state index is 0. The van der Waals surface area contributed by atoms with Gasteiger partial charge in [-0.2, -0.15) is 0 Å². The summed E-state index contributed by atoms with van der Waals surface area (Å²) < 4.78 is 0. The number of amides is 1. The lowest BCUT2D eigenvalue weighted by atomic mass is 10.1. The normalized spacial score (nSPS) is 11.4. The number of rotatable bonds is 17. The molecule has 1 amide bonds. The largest absolute Gasteiger partial charge is 0.480 e. The number of nitrogens with one attached hydrogen (secondary N) is 2. The van der Waals surface area contributed by atoms with Crippen LogP contribution in [0.15, 0.2) is 0 Å². The summed E-state index contributed by atoms with van der Waals surface area (Å²) in [6, 6.07) is -0.810. The number of likely N-dealkylation sites (N-methyl/N-ethyl adjacent to an activating group) is 1. The maximum Gasteiger partial charge on any atom is 0.326 e. The van der Waals surface area contributed by atoms with Gasteiger partial charge in [0.05, 0.1) is 0 Å². The standard InChI is InChI=1S/C20H40N4O3.ClH/c1-3-5-6-7-8-9-10-11-12-15-18(25)24(4-2)17(19(26)27)14-13-16-23-20(21)22;/h17H,3-16H2,1-2H3,(H,26,27)(H4,21,22,23);1H. The van der Waals surface area contributed by atoms with Crippen LogP contribution >= 0.6 is 12.4 Å². The monoisotopic (exact) mass is 420 g/mol. The topological polar surface area (TPSA) is 120 Å². The van der Waals surface area contributed by atoms with Crippen LogP contribution in [0.25, 0.3) is 0 Å². The van der Waals surface area contributed by atoms with Crippen LogP contribution in [0, 0.1) is 5.41 Å². The lowest BCUT2D eigenvalue weighted by Crippen LogP contribution is -2.45. The van der Waals surface area contributed by atoms with Crippen molar-refractivity contribution in [2.75, 3.05) is 13.1 Å². The zero-order valence-corrected chi connectivity index (χ0v) is 18.5. The third-order valence-electron chi connectivity index (χ3n) is 4.79. The van der Waals surface area contributed by atoms with Crippen molar-refractivity contribution in [1.29, 1.82) is 5.41 Å². The van der Waals surface area contributed by atoms with Crippen molar-refractivity contribution in [2.45, 2.75) is 96.9 Å². The Hall–Kier alpha value is -1.50. The quantitative estimate of drug-likeness (QED) is 0.161. The zero-order valence-electron chi connectivity index (χ0n) is 17.7. The van der Waals surface area contributed by atoms with Crippen LogP contribution in [-0.4, -0.2) is 47.0 Å². The molecule has 0 rings (SSSR count). The number of halogens is 1. The first kappa shape index (κ1) is 28.7. The Balaban J connectivity index is 0. The molecule has 166 valence electrons. The molecular weight excluding hydrogens is 380 g/mol. The molecule has 1 atom stereocenters. The highest BCUT2D eigenvalue weighted by molar-refractivity contribution is 5.85. The molecule has 1 unspecified atom stereocenters. The van der Waals surface area contributed by atoms with Gasteiger partial charge in [0, 0.05) is 19.5 Å². The SMILES string of the molecule is CCCCCCCCCCCC(=O)N(CC)C(CCCNC(=N)N)C(=O)O.Cl. The number of unbranched alkanes of at least 4 members (excludes halogenated alkanes) is 8. The fourth-order valence-corrected chi connectivity index (χ4v) is 3.23. The third-order valence-corrected chi connectivity index (χ3v) is 4.79. The first-order valence-corrected chi connectivity index (χ1v) is 10.5. The molecule has 0 aromatic carbocycles. The highest BCUT2D eigenvalue weighted by Gasteiger charge is 2.27. The van der Waals surface area contributed by atoms with E-state index in [2.05, 4.69) is 12.2 Å². The molecule has 5 N–H and O–H groups in total. The van der Waals surface area contributed by atoms with Crippen LogP contribution in [0.2, 0.25) is 0 Å². The van der Waals surface area contributed by atoms with E-state index in [0.29, 0.717) is 32.4 Å². The number of nitrogens with two attached hydrogens (primary N) is 1. The fourth-order valence-electron chi connectivity index (χ4n) is 3.23. The van der Waals surface area contributed by atoms with E-state index in [1.807, 2.05) is 6.92 Å². The van der Waals surface area contributed by atoms with Crippen LogP contribution in [0.5, 0.6) is 0 Å². The second-order valence-electron chi connectivity index (χ2n) is 7.09. The van der Waals surface area contributed by atoms with Crippen LogP contribution in [0.1, 0.15) is 90.9 Å². The van der Waals surface area contributed by atoms with Gasteiger partial charge in [0.2, 0.25) is 5.91 Å². The molecule has 0 aliphatic heterocycles. The predicted molar refractivity (Wildman–Crippen MR) is 117 cm³/mol. The van der Waals surface area contributed by atoms with Crippen LogP contribution in [-0.2, 0) is 9.59 Å². The van der Waals surface area contributed by atoms with Crippen molar-refractivity contribution in [1.82, 2.24) is 10.2 Å². The van der Waals surface area contributed by atoms with Crippen molar-refractivity contribution in [3.05, 3.63) is 0 Å². The van der Waals surface area contributed by atoms with Gasteiger partial charge < -0.3 is 21.1 Å². The van der Waals surface area contributed by atoms with Gasteiger partial charge >= 0.3 is 5.97 Å². The van der Waals surface area contributed by atoms with Gasteiger partial charge in [-0.15, -0.1) is 12.4 Å². The van der Waals surface area contributed by atoms with Crippen molar-refractivity contribution in [2.24, 2.45) is 5.73 Å². The van der Waals surface area contributed by atoms with E-state index in [1.165, 1.54) is 43.4 Å². The van der Waals surface area contributed by atoms with Crippen molar-refractivity contribution >= 4 is 30.2 Å². The maximum atomic E-state index is 12.5. The van der Waals surface area contributed by atoms with Crippen molar-refractivity contribution < 1.29 is 14.7 Å². The average molecular weight is 421 g/mol. The highest BCUT2D eigenvalue weighted by Crippen LogP contribution is 2.14. The van der Waals surface area contributed by atoms with Crippen LogP contribution < -0.4 is 11.1 Å². The molecule has 0 aromatic heterocycles. The number of carboxylic acid groups (broad SMARTS) is 1. The molecule has 0 fully saturated rings. The molecule has 0 spiro atoms. The number of hydrogen-bond acceptors (Lipinski definition) is 3. The van der Waals surface area contributed by atoms with Gasteiger partial charge in [-0.25, -0.2) is 4.79 Å². The number of nitrogens with zero attached hydrogens (tertiary/aromatic N) is 1. The van der Waals surface area contributed by atoms with Crippen LogP contribution in [0.4, 0.5) is 0 Å².